The average molecular weight is 257 g/mol. The minimum Gasteiger partial charge on any atom is -0.457 e. The minimum absolute atomic E-state index is 0.0762. The maximum atomic E-state index is 9.03. The molecule has 0 fully saturated rings. The Morgan fingerprint density at radius 2 is 1.89 bits per heavy atom. The van der Waals surface area contributed by atoms with Gasteiger partial charge in [-0.25, -0.2) is 0 Å². The molecule has 0 saturated heterocycles. The first-order valence-corrected chi connectivity index (χ1v) is 6.64. The molecule has 0 amide bonds. The fraction of sp³-hybridized carbons (Fsp3) is 0.312. The Balaban J connectivity index is 2.02. The zero-order valence-electron chi connectivity index (χ0n) is 11.2. The molecule has 0 unspecified atom stereocenters. The Kier molecular flexibility index (Phi) is 4.93. The quantitative estimate of drug-likeness (QED) is 0.857. The largest absolute Gasteiger partial charge is 0.457 e. The Morgan fingerprint density at radius 3 is 2.58 bits per heavy atom. The Hall–Kier alpha value is -1.87. The van der Waals surface area contributed by atoms with E-state index in [1.165, 1.54) is 18.4 Å². The average Bonchev–Trinajstić information content (AvgIpc) is 2.47. The Bertz CT molecular complexity index is 508. The summed E-state index contributed by atoms with van der Waals surface area (Å²) >= 11 is 0. The first kappa shape index (κ1) is 13.6. The van der Waals surface area contributed by atoms with E-state index in [2.05, 4.69) is 24.0 Å². The zero-order chi connectivity index (χ0) is 13.5. The number of benzene rings is 1. The van der Waals surface area contributed by atoms with Crippen molar-refractivity contribution < 1.29 is 9.84 Å². The van der Waals surface area contributed by atoms with E-state index >= 15 is 0 Å². The van der Waals surface area contributed by atoms with Crippen molar-refractivity contribution in [2.75, 3.05) is 0 Å². The molecule has 0 aliphatic carbocycles. The van der Waals surface area contributed by atoms with E-state index in [9.17, 15) is 0 Å². The number of nitrogens with zero attached hydrogens (tertiary/aromatic N) is 1. The van der Waals surface area contributed by atoms with Crippen LogP contribution in [0, 0.1) is 0 Å². The first-order valence-electron chi connectivity index (χ1n) is 6.64. The van der Waals surface area contributed by atoms with Crippen LogP contribution in [-0.2, 0) is 13.0 Å². The van der Waals surface area contributed by atoms with Crippen molar-refractivity contribution in [3.05, 3.63) is 53.9 Å². The molecular formula is C16H19NO2. The topological polar surface area (TPSA) is 42.4 Å². The lowest BCUT2D eigenvalue weighted by molar-refractivity contribution is 0.276. The van der Waals surface area contributed by atoms with Gasteiger partial charge in [0.05, 0.1) is 12.3 Å². The van der Waals surface area contributed by atoms with Crippen molar-refractivity contribution in [2.45, 2.75) is 32.8 Å². The van der Waals surface area contributed by atoms with Crippen LogP contribution >= 0.6 is 0 Å². The molecule has 1 aromatic carbocycles. The second-order valence-corrected chi connectivity index (χ2v) is 4.49. The van der Waals surface area contributed by atoms with Gasteiger partial charge in [0.2, 0.25) is 0 Å². The van der Waals surface area contributed by atoms with Gasteiger partial charge in [-0.1, -0.05) is 25.5 Å². The third-order valence-corrected chi connectivity index (χ3v) is 2.93. The fourth-order valence-corrected chi connectivity index (χ4v) is 1.85. The SMILES string of the molecule is CCCCc1ccc(Oc2ccnc(CO)c2)cc1. The van der Waals surface area contributed by atoms with Gasteiger partial charge in [0, 0.05) is 12.3 Å². The Morgan fingerprint density at radius 1 is 1.11 bits per heavy atom. The summed E-state index contributed by atoms with van der Waals surface area (Å²) in [5, 5.41) is 9.03. The molecule has 0 saturated carbocycles. The second-order valence-electron chi connectivity index (χ2n) is 4.49. The van der Waals surface area contributed by atoms with Gasteiger partial charge in [-0.05, 0) is 36.6 Å². The summed E-state index contributed by atoms with van der Waals surface area (Å²) in [6, 6.07) is 11.7. The number of pyridine rings is 1. The molecule has 3 nitrogen and oxygen atoms in total. The first-order chi connectivity index (χ1) is 9.31. The predicted octanol–water partition coefficient (Wildman–Crippen LogP) is 3.71. The van der Waals surface area contributed by atoms with Crippen LogP contribution in [0.1, 0.15) is 31.0 Å². The zero-order valence-corrected chi connectivity index (χ0v) is 11.2. The van der Waals surface area contributed by atoms with E-state index in [0.717, 1.165) is 12.2 Å². The molecule has 2 aromatic rings. The van der Waals surface area contributed by atoms with Gasteiger partial charge in [-0.2, -0.15) is 0 Å². The van der Waals surface area contributed by atoms with Crippen LogP contribution in [0.2, 0.25) is 0 Å². The highest BCUT2D eigenvalue weighted by molar-refractivity contribution is 5.33. The number of aliphatic hydroxyl groups is 1. The number of hydrogen-bond donors (Lipinski definition) is 1. The van der Waals surface area contributed by atoms with Gasteiger partial charge in [0.15, 0.2) is 0 Å². The highest BCUT2D eigenvalue weighted by atomic mass is 16.5. The molecule has 1 N–H and O–H groups in total. The van der Waals surface area contributed by atoms with Gasteiger partial charge in [-0.3, -0.25) is 4.98 Å². The van der Waals surface area contributed by atoms with Crippen LogP contribution in [0.5, 0.6) is 11.5 Å². The molecule has 1 heterocycles. The molecular weight excluding hydrogens is 238 g/mol. The molecule has 0 bridgehead atoms. The maximum absolute atomic E-state index is 9.03. The highest BCUT2D eigenvalue weighted by Gasteiger charge is 2.00. The number of rotatable bonds is 6. The molecule has 0 radical (unpaired) electrons. The van der Waals surface area contributed by atoms with Gasteiger partial charge >= 0.3 is 0 Å². The molecule has 0 spiro atoms. The number of aryl methyl sites for hydroxylation is 1. The molecule has 0 aliphatic heterocycles. The monoisotopic (exact) mass is 257 g/mol. The van der Waals surface area contributed by atoms with Crippen molar-refractivity contribution in [3.63, 3.8) is 0 Å². The van der Waals surface area contributed by atoms with Gasteiger partial charge in [-0.15, -0.1) is 0 Å². The normalized spacial score (nSPS) is 10.4. The van der Waals surface area contributed by atoms with E-state index in [1.54, 1.807) is 18.3 Å². The van der Waals surface area contributed by atoms with Crippen LogP contribution in [0.25, 0.3) is 0 Å². The van der Waals surface area contributed by atoms with Crippen molar-refractivity contribution in [1.82, 2.24) is 4.98 Å². The molecule has 0 aliphatic rings. The van der Waals surface area contributed by atoms with Crippen LogP contribution < -0.4 is 4.74 Å². The molecule has 3 heteroatoms. The number of hydrogen-bond acceptors (Lipinski definition) is 3. The van der Waals surface area contributed by atoms with Crippen molar-refractivity contribution in [1.29, 1.82) is 0 Å². The summed E-state index contributed by atoms with van der Waals surface area (Å²) in [5.41, 5.74) is 1.94. The summed E-state index contributed by atoms with van der Waals surface area (Å²) in [6.45, 7) is 2.12. The third-order valence-electron chi connectivity index (χ3n) is 2.93. The summed E-state index contributed by atoms with van der Waals surface area (Å²) < 4.78 is 5.73. The predicted molar refractivity (Wildman–Crippen MR) is 75.3 cm³/mol. The summed E-state index contributed by atoms with van der Waals surface area (Å²) in [6.07, 6.45) is 5.17. The van der Waals surface area contributed by atoms with E-state index in [1.807, 2.05) is 12.1 Å². The van der Waals surface area contributed by atoms with Crippen LogP contribution in [0.3, 0.4) is 0 Å². The molecule has 1 aromatic heterocycles. The van der Waals surface area contributed by atoms with Crippen molar-refractivity contribution in [3.8, 4) is 11.5 Å². The Labute approximate surface area is 113 Å². The van der Waals surface area contributed by atoms with Gasteiger partial charge < -0.3 is 9.84 Å². The summed E-state index contributed by atoms with van der Waals surface area (Å²) in [4.78, 5) is 4.02. The lowest BCUT2D eigenvalue weighted by Gasteiger charge is -2.07. The molecule has 19 heavy (non-hydrogen) atoms. The standard InChI is InChI=1S/C16H19NO2/c1-2-3-4-13-5-7-15(8-6-13)19-16-9-10-17-14(11-16)12-18/h5-11,18H,2-4,12H2,1H3. The summed E-state index contributed by atoms with van der Waals surface area (Å²) in [5.74, 6) is 1.50. The van der Waals surface area contributed by atoms with Crippen LogP contribution in [0.4, 0.5) is 0 Å². The van der Waals surface area contributed by atoms with Gasteiger partial charge in [0.1, 0.15) is 11.5 Å². The van der Waals surface area contributed by atoms with Crippen LogP contribution in [0.15, 0.2) is 42.6 Å². The minimum atomic E-state index is -0.0762. The molecule has 100 valence electrons. The smallest absolute Gasteiger partial charge is 0.130 e. The van der Waals surface area contributed by atoms with E-state index in [4.69, 9.17) is 9.84 Å². The van der Waals surface area contributed by atoms with E-state index in [0.29, 0.717) is 11.4 Å². The fourth-order valence-electron chi connectivity index (χ4n) is 1.85. The molecule has 0 atom stereocenters. The lowest BCUT2D eigenvalue weighted by atomic mass is 10.1. The lowest BCUT2D eigenvalue weighted by Crippen LogP contribution is -1.91. The van der Waals surface area contributed by atoms with Gasteiger partial charge in [0.25, 0.3) is 0 Å². The number of ether oxygens (including phenoxy) is 1. The maximum Gasteiger partial charge on any atom is 0.130 e. The second kappa shape index (κ2) is 6.90. The summed E-state index contributed by atoms with van der Waals surface area (Å²) in [7, 11) is 0. The van der Waals surface area contributed by atoms with Crippen molar-refractivity contribution in [2.24, 2.45) is 0 Å². The highest BCUT2D eigenvalue weighted by Crippen LogP contribution is 2.22. The third kappa shape index (κ3) is 4.07. The number of unbranched alkanes of at least 4 members (excludes halogenated alkanes) is 1. The van der Waals surface area contributed by atoms with Crippen molar-refractivity contribution >= 4 is 0 Å². The number of aliphatic hydroxyl groups excluding tert-OH is 1. The van der Waals surface area contributed by atoms with E-state index in [-0.39, 0.29) is 6.61 Å². The molecule has 2 rings (SSSR count). The van der Waals surface area contributed by atoms with Crippen LogP contribution in [-0.4, -0.2) is 10.1 Å². The van der Waals surface area contributed by atoms with E-state index < -0.39 is 0 Å². The number of aromatic nitrogens is 1.